The second-order valence-corrected chi connectivity index (χ2v) is 2.60. The standard InChI is InChI=1S/C6H10N2O2/c1-3-2-4(7)6(10)8-5(3)9/h3-4H,2,7H2,1H3,(H,8,9,10)/t3-,4?/m1/s1. The van der Waals surface area contributed by atoms with Gasteiger partial charge >= 0.3 is 0 Å². The van der Waals surface area contributed by atoms with Gasteiger partial charge in [-0.15, -0.1) is 0 Å². The smallest absolute Gasteiger partial charge is 0.243 e. The van der Waals surface area contributed by atoms with E-state index >= 15 is 0 Å². The summed E-state index contributed by atoms with van der Waals surface area (Å²) in [7, 11) is 0. The van der Waals surface area contributed by atoms with Crippen LogP contribution in [0.4, 0.5) is 0 Å². The average Bonchev–Trinajstić information content (AvgIpc) is 1.84. The largest absolute Gasteiger partial charge is 0.320 e. The van der Waals surface area contributed by atoms with E-state index in [0.717, 1.165) is 0 Å². The minimum Gasteiger partial charge on any atom is -0.320 e. The van der Waals surface area contributed by atoms with E-state index in [0.29, 0.717) is 6.42 Å². The zero-order valence-electron chi connectivity index (χ0n) is 5.76. The molecule has 1 fully saturated rings. The van der Waals surface area contributed by atoms with Gasteiger partial charge in [0.1, 0.15) is 0 Å². The fourth-order valence-electron chi connectivity index (χ4n) is 0.932. The Hall–Kier alpha value is -0.900. The van der Waals surface area contributed by atoms with Crippen LogP contribution < -0.4 is 11.1 Å². The van der Waals surface area contributed by atoms with Crippen LogP contribution in [-0.4, -0.2) is 17.9 Å². The Balaban J connectivity index is 2.63. The Morgan fingerprint density at radius 3 is 2.60 bits per heavy atom. The summed E-state index contributed by atoms with van der Waals surface area (Å²) in [5.41, 5.74) is 5.37. The van der Waals surface area contributed by atoms with E-state index in [4.69, 9.17) is 5.73 Å². The summed E-state index contributed by atoms with van der Waals surface area (Å²) in [6.07, 6.45) is 0.463. The fraction of sp³-hybridized carbons (Fsp3) is 0.667. The first-order valence-corrected chi connectivity index (χ1v) is 3.21. The van der Waals surface area contributed by atoms with Crippen molar-refractivity contribution in [3.05, 3.63) is 0 Å². The summed E-state index contributed by atoms with van der Waals surface area (Å²) in [6, 6.07) is -0.507. The van der Waals surface area contributed by atoms with Crippen LogP contribution >= 0.6 is 0 Å². The normalized spacial score (nSPS) is 33.8. The van der Waals surface area contributed by atoms with Gasteiger partial charge in [-0.3, -0.25) is 14.9 Å². The molecule has 3 N–H and O–H groups in total. The van der Waals surface area contributed by atoms with Gasteiger partial charge in [-0.25, -0.2) is 0 Å². The second kappa shape index (κ2) is 2.38. The molecule has 10 heavy (non-hydrogen) atoms. The molecule has 1 heterocycles. The maximum Gasteiger partial charge on any atom is 0.243 e. The number of carbonyl (C=O) groups is 2. The Bertz CT molecular complexity index is 161. The minimum absolute atomic E-state index is 0.132. The highest BCUT2D eigenvalue weighted by atomic mass is 16.2. The van der Waals surface area contributed by atoms with Gasteiger partial charge in [0, 0.05) is 5.92 Å². The van der Waals surface area contributed by atoms with Gasteiger partial charge in [-0.05, 0) is 6.42 Å². The monoisotopic (exact) mass is 142 g/mol. The van der Waals surface area contributed by atoms with Gasteiger partial charge in [0.15, 0.2) is 0 Å². The first-order chi connectivity index (χ1) is 4.61. The van der Waals surface area contributed by atoms with Crippen LogP contribution in [-0.2, 0) is 9.59 Å². The molecule has 1 aliphatic heterocycles. The Kier molecular flexibility index (Phi) is 1.72. The molecule has 0 saturated carbocycles. The number of rotatable bonds is 0. The molecule has 0 radical (unpaired) electrons. The molecule has 0 bridgehead atoms. The summed E-state index contributed by atoms with van der Waals surface area (Å²) in [5, 5.41) is 2.18. The van der Waals surface area contributed by atoms with Crippen LogP contribution in [0.5, 0.6) is 0 Å². The van der Waals surface area contributed by atoms with E-state index in [1.54, 1.807) is 6.92 Å². The molecular weight excluding hydrogens is 132 g/mol. The highest BCUT2D eigenvalue weighted by molar-refractivity contribution is 6.01. The van der Waals surface area contributed by atoms with E-state index < -0.39 is 6.04 Å². The number of hydrogen-bond acceptors (Lipinski definition) is 3. The first-order valence-electron chi connectivity index (χ1n) is 3.21. The zero-order chi connectivity index (χ0) is 7.72. The Labute approximate surface area is 58.8 Å². The fourth-order valence-corrected chi connectivity index (χ4v) is 0.932. The molecule has 0 aromatic carbocycles. The molecule has 2 amide bonds. The van der Waals surface area contributed by atoms with Crippen molar-refractivity contribution >= 4 is 11.8 Å². The second-order valence-electron chi connectivity index (χ2n) is 2.60. The van der Waals surface area contributed by atoms with Crippen molar-refractivity contribution < 1.29 is 9.59 Å². The van der Waals surface area contributed by atoms with Gasteiger partial charge in [0.2, 0.25) is 11.8 Å². The van der Waals surface area contributed by atoms with Crippen molar-refractivity contribution in [2.75, 3.05) is 0 Å². The van der Waals surface area contributed by atoms with Crippen LogP contribution in [0.2, 0.25) is 0 Å². The van der Waals surface area contributed by atoms with Crippen LogP contribution in [0, 0.1) is 5.92 Å². The van der Waals surface area contributed by atoms with Crippen molar-refractivity contribution in [3.63, 3.8) is 0 Å². The maximum absolute atomic E-state index is 10.8. The van der Waals surface area contributed by atoms with E-state index in [-0.39, 0.29) is 17.7 Å². The quantitative estimate of drug-likeness (QED) is 0.426. The minimum atomic E-state index is -0.507. The van der Waals surface area contributed by atoms with E-state index in [9.17, 15) is 9.59 Å². The molecule has 1 rings (SSSR count). The third-order valence-corrected chi connectivity index (χ3v) is 1.64. The summed E-state index contributed by atoms with van der Waals surface area (Å²) in [5.74, 6) is -0.706. The van der Waals surface area contributed by atoms with Crippen molar-refractivity contribution in [2.45, 2.75) is 19.4 Å². The lowest BCUT2D eigenvalue weighted by Gasteiger charge is -2.21. The number of nitrogens with one attached hydrogen (secondary N) is 1. The third kappa shape index (κ3) is 1.16. The van der Waals surface area contributed by atoms with Gasteiger partial charge in [-0.1, -0.05) is 6.92 Å². The van der Waals surface area contributed by atoms with Crippen LogP contribution in [0.3, 0.4) is 0 Å². The molecule has 0 aliphatic carbocycles. The van der Waals surface area contributed by atoms with Crippen molar-refractivity contribution in [3.8, 4) is 0 Å². The van der Waals surface area contributed by atoms with Gasteiger partial charge in [-0.2, -0.15) is 0 Å². The summed E-state index contributed by atoms with van der Waals surface area (Å²) >= 11 is 0. The van der Waals surface area contributed by atoms with Crippen LogP contribution in [0.1, 0.15) is 13.3 Å². The Morgan fingerprint density at radius 1 is 1.50 bits per heavy atom. The van der Waals surface area contributed by atoms with Crippen molar-refractivity contribution in [1.82, 2.24) is 5.32 Å². The van der Waals surface area contributed by atoms with E-state index in [2.05, 4.69) is 5.32 Å². The molecular formula is C6H10N2O2. The Morgan fingerprint density at radius 2 is 2.10 bits per heavy atom. The molecule has 1 saturated heterocycles. The molecule has 0 spiro atoms. The maximum atomic E-state index is 10.8. The number of hydrogen-bond donors (Lipinski definition) is 2. The van der Waals surface area contributed by atoms with Crippen LogP contribution in [0.15, 0.2) is 0 Å². The molecule has 0 aromatic heterocycles. The molecule has 1 aliphatic rings. The average molecular weight is 142 g/mol. The van der Waals surface area contributed by atoms with Gasteiger partial charge in [0.25, 0.3) is 0 Å². The lowest BCUT2D eigenvalue weighted by molar-refractivity contribution is -0.136. The number of carbonyl (C=O) groups excluding carboxylic acids is 2. The topological polar surface area (TPSA) is 72.2 Å². The summed E-state index contributed by atoms with van der Waals surface area (Å²) in [6.45, 7) is 1.75. The first kappa shape index (κ1) is 7.21. The van der Waals surface area contributed by atoms with E-state index in [1.807, 2.05) is 0 Å². The van der Waals surface area contributed by atoms with Crippen molar-refractivity contribution in [2.24, 2.45) is 11.7 Å². The zero-order valence-corrected chi connectivity index (χ0v) is 5.76. The van der Waals surface area contributed by atoms with Gasteiger partial charge in [0.05, 0.1) is 6.04 Å². The lowest BCUT2D eigenvalue weighted by Crippen LogP contribution is -2.51. The van der Waals surface area contributed by atoms with Crippen molar-refractivity contribution in [1.29, 1.82) is 0 Å². The SMILES string of the molecule is C[C@@H]1CC(N)C(=O)NC1=O. The number of piperidine rings is 1. The molecule has 56 valence electrons. The number of amides is 2. The molecule has 0 aromatic rings. The predicted molar refractivity (Wildman–Crippen MR) is 34.9 cm³/mol. The molecule has 4 heteroatoms. The molecule has 1 unspecified atom stereocenters. The van der Waals surface area contributed by atoms with Crippen LogP contribution in [0.25, 0.3) is 0 Å². The molecule has 2 atom stereocenters. The third-order valence-electron chi connectivity index (χ3n) is 1.64. The predicted octanol–water partition coefficient (Wildman–Crippen LogP) is -1.00. The highest BCUT2D eigenvalue weighted by Crippen LogP contribution is 2.09. The number of imide groups is 1. The lowest BCUT2D eigenvalue weighted by atomic mass is 9.97. The highest BCUT2D eigenvalue weighted by Gasteiger charge is 2.28. The van der Waals surface area contributed by atoms with Gasteiger partial charge < -0.3 is 5.73 Å². The van der Waals surface area contributed by atoms with E-state index in [1.165, 1.54) is 0 Å². The number of nitrogens with two attached hydrogens (primary N) is 1. The summed E-state index contributed by atoms with van der Waals surface area (Å²) < 4.78 is 0. The molecule has 4 nitrogen and oxygen atoms in total. The summed E-state index contributed by atoms with van der Waals surface area (Å²) in [4.78, 5) is 21.5.